The van der Waals surface area contributed by atoms with Gasteiger partial charge in [-0.15, -0.1) is 0 Å². The zero-order valence-electron chi connectivity index (χ0n) is 14.1. The van der Waals surface area contributed by atoms with Gasteiger partial charge in [0.2, 0.25) is 0 Å². The molecule has 0 aliphatic carbocycles. The normalized spacial score (nSPS) is 15.5. The highest BCUT2D eigenvalue weighted by molar-refractivity contribution is 8.18. The minimum Gasteiger partial charge on any atom is -0.427 e. The standard InChI is InChI=1S/C19H13Cl2NO4S/c1-11(23)26-13-7-5-12(6-8-13)9-17-18(24)22(19(25)27-17)10-14-15(20)3-2-4-16(14)21/h2-9H,10H2,1H3/b17-9+. The zero-order valence-corrected chi connectivity index (χ0v) is 16.4. The summed E-state index contributed by atoms with van der Waals surface area (Å²) in [7, 11) is 0. The van der Waals surface area contributed by atoms with Crippen LogP contribution in [-0.2, 0) is 16.1 Å². The minimum absolute atomic E-state index is 0.00586. The van der Waals surface area contributed by atoms with Gasteiger partial charge in [-0.2, -0.15) is 0 Å². The second kappa shape index (κ2) is 8.17. The fourth-order valence-electron chi connectivity index (χ4n) is 2.43. The van der Waals surface area contributed by atoms with Crippen LogP contribution in [0.15, 0.2) is 47.4 Å². The molecule has 2 aromatic carbocycles. The summed E-state index contributed by atoms with van der Waals surface area (Å²) in [4.78, 5) is 37.2. The molecule has 1 aliphatic heterocycles. The average Bonchev–Trinajstić information content (AvgIpc) is 2.86. The molecule has 1 fully saturated rings. The summed E-state index contributed by atoms with van der Waals surface area (Å²) in [5, 5.41) is 0.400. The van der Waals surface area contributed by atoms with Crippen molar-refractivity contribution in [2.24, 2.45) is 0 Å². The largest absolute Gasteiger partial charge is 0.427 e. The molecule has 0 atom stereocenters. The van der Waals surface area contributed by atoms with Gasteiger partial charge in [0.05, 0.1) is 11.4 Å². The lowest BCUT2D eigenvalue weighted by Crippen LogP contribution is -2.27. The summed E-state index contributed by atoms with van der Waals surface area (Å²) < 4.78 is 4.96. The smallest absolute Gasteiger partial charge is 0.308 e. The van der Waals surface area contributed by atoms with Crippen molar-refractivity contribution in [3.63, 3.8) is 0 Å². The van der Waals surface area contributed by atoms with Gasteiger partial charge in [0, 0.05) is 22.5 Å². The van der Waals surface area contributed by atoms with Gasteiger partial charge in [0.1, 0.15) is 5.75 Å². The summed E-state index contributed by atoms with van der Waals surface area (Å²) in [6, 6.07) is 11.6. The number of hydrogen-bond acceptors (Lipinski definition) is 5. The SMILES string of the molecule is CC(=O)Oc1ccc(/C=C2/SC(=O)N(Cc3c(Cl)cccc3Cl)C2=O)cc1. The Balaban J connectivity index is 1.79. The Hall–Kier alpha value is -2.28. The molecule has 2 aromatic rings. The van der Waals surface area contributed by atoms with E-state index in [0.29, 0.717) is 31.8 Å². The number of imide groups is 1. The van der Waals surface area contributed by atoms with E-state index in [1.165, 1.54) is 6.92 Å². The maximum Gasteiger partial charge on any atom is 0.308 e. The number of rotatable bonds is 4. The van der Waals surface area contributed by atoms with Crippen molar-refractivity contribution in [3.05, 3.63) is 68.5 Å². The molecular weight excluding hydrogens is 409 g/mol. The predicted molar refractivity (Wildman–Crippen MR) is 106 cm³/mol. The van der Waals surface area contributed by atoms with Crippen LogP contribution >= 0.6 is 35.0 Å². The van der Waals surface area contributed by atoms with Crippen LogP contribution in [0.4, 0.5) is 4.79 Å². The molecule has 0 radical (unpaired) electrons. The Labute approximate surface area is 169 Å². The molecule has 1 heterocycles. The molecule has 2 amide bonds. The van der Waals surface area contributed by atoms with Crippen LogP contribution in [0.2, 0.25) is 10.0 Å². The van der Waals surface area contributed by atoms with E-state index in [9.17, 15) is 14.4 Å². The number of esters is 1. The van der Waals surface area contributed by atoms with E-state index in [1.54, 1.807) is 48.5 Å². The molecule has 138 valence electrons. The number of benzene rings is 2. The van der Waals surface area contributed by atoms with Crippen LogP contribution < -0.4 is 4.74 Å². The summed E-state index contributed by atoms with van der Waals surface area (Å²) in [6.45, 7) is 1.32. The number of ether oxygens (including phenoxy) is 1. The monoisotopic (exact) mass is 421 g/mol. The van der Waals surface area contributed by atoms with Gasteiger partial charge in [-0.25, -0.2) is 0 Å². The third-order valence-corrected chi connectivity index (χ3v) is 5.31. The number of thioether (sulfide) groups is 1. The number of halogens is 2. The summed E-state index contributed by atoms with van der Waals surface area (Å²) in [5.74, 6) is -0.423. The fourth-order valence-corrected chi connectivity index (χ4v) is 3.78. The Morgan fingerprint density at radius 2 is 1.74 bits per heavy atom. The Morgan fingerprint density at radius 3 is 2.33 bits per heavy atom. The average molecular weight is 422 g/mol. The topological polar surface area (TPSA) is 63.7 Å². The van der Waals surface area contributed by atoms with Crippen LogP contribution in [0.3, 0.4) is 0 Å². The molecule has 0 N–H and O–H groups in total. The van der Waals surface area contributed by atoms with Gasteiger partial charge in [0.25, 0.3) is 11.1 Å². The van der Waals surface area contributed by atoms with Gasteiger partial charge >= 0.3 is 5.97 Å². The van der Waals surface area contributed by atoms with Crippen LogP contribution in [0.5, 0.6) is 5.75 Å². The van der Waals surface area contributed by atoms with Crippen LogP contribution in [0.1, 0.15) is 18.1 Å². The lowest BCUT2D eigenvalue weighted by atomic mass is 10.2. The summed E-state index contributed by atoms with van der Waals surface area (Å²) >= 11 is 13.1. The van der Waals surface area contributed by atoms with Crippen molar-refractivity contribution in [2.75, 3.05) is 0 Å². The molecule has 27 heavy (non-hydrogen) atoms. The van der Waals surface area contributed by atoms with Crippen molar-refractivity contribution in [3.8, 4) is 5.75 Å². The highest BCUT2D eigenvalue weighted by Crippen LogP contribution is 2.35. The lowest BCUT2D eigenvalue weighted by molar-refractivity contribution is -0.131. The van der Waals surface area contributed by atoms with E-state index in [0.717, 1.165) is 16.7 Å². The van der Waals surface area contributed by atoms with E-state index in [1.807, 2.05) is 0 Å². The summed E-state index contributed by atoms with van der Waals surface area (Å²) in [5.41, 5.74) is 1.22. The zero-order chi connectivity index (χ0) is 19.6. The highest BCUT2D eigenvalue weighted by atomic mass is 35.5. The first-order chi connectivity index (χ1) is 12.8. The number of carbonyl (C=O) groups is 3. The third-order valence-electron chi connectivity index (χ3n) is 3.69. The lowest BCUT2D eigenvalue weighted by Gasteiger charge is -2.14. The third kappa shape index (κ3) is 4.53. The van der Waals surface area contributed by atoms with Crippen LogP contribution in [-0.4, -0.2) is 22.0 Å². The molecule has 8 heteroatoms. The second-order valence-electron chi connectivity index (χ2n) is 5.63. The van der Waals surface area contributed by atoms with E-state index < -0.39 is 17.1 Å². The van der Waals surface area contributed by atoms with Crippen molar-refractivity contribution in [1.82, 2.24) is 4.90 Å². The van der Waals surface area contributed by atoms with Crippen LogP contribution in [0, 0.1) is 0 Å². The molecule has 0 unspecified atom stereocenters. The first kappa shape index (κ1) is 19.5. The minimum atomic E-state index is -0.415. The van der Waals surface area contributed by atoms with E-state index in [4.69, 9.17) is 27.9 Å². The van der Waals surface area contributed by atoms with Gasteiger partial charge < -0.3 is 4.74 Å². The molecule has 0 bridgehead atoms. The number of nitrogens with zero attached hydrogens (tertiary/aromatic N) is 1. The maximum atomic E-state index is 12.6. The summed E-state index contributed by atoms with van der Waals surface area (Å²) in [6.07, 6.45) is 1.61. The number of hydrogen-bond donors (Lipinski definition) is 0. The highest BCUT2D eigenvalue weighted by Gasteiger charge is 2.35. The molecular formula is C19H13Cl2NO4S. The first-order valence-corrected chi connectivity index (χ1v) is 9.39. The van der Waals surface area contributed by atoms with Crippen molar-refractivity contribution < 1.29 is 19.1 Å². The molecule has 1 aliphatic rings. The van der Waals surface area contributed by atoms with Crippen molar-refractivity contribution in [1.29, 1.82) is 0 Å². The van der Waals surface area contributed by atoms with E-state index in [2.05, 4.69) is 0 Å². The molecule has 0 saturated carbocycles. The van der Waals surface area contributed by atoms with Crippen LogP contribution in [0.25, 0.3) is 6.08 Å². The fraction of sp³-hybridized carbons (Fsp3) is 0.105. The Morgan fingerprint density at radius 1 is 1.11 bits per heavy atom. The Kier molecular flexibility index (Phi) is 5.89. The molecule has 5 nitrogen and oxygen atoms in total. The van der Waals surface area contributed by atoms with Gasteiger partial charge in [-0.1, -0.05) is 41.4 Å². The number of carbonyl (C=O) groups excluding carboxylic acids is 3. The molecule has 1 saturated heterocycles. The van der Waals surface area contributed by atoms with Crippen molar-refractivity contribution >= 4 is 58.2 Å². The van der Waals surface area contributed by atoms with Gasteiger partial charge in [-0.3, -0.25) is 19.3 Å². The van der Waals surface area contributed by atoms with E-state index in [-0.39, 0.29) is 6.54 Å². The van der Waals surface area contributed by atoms with E-state index >= 15 is 0 Å². The van der Waals surface area contributed by atoms with Gasteiger partial charge in [0.15, 0.2) is 0 Å². The maximum absolute atomic E-state index is 12.6. The number of amides is 2. The molecule has 0 spiro atoms. The molecule has 0 aromatic heterocycles. The predicted octanol–water partition coefficient (Wildman–Crippen LogP) is 5.16. The second-order valence-corrected chi connectivity index (χ2v) is 7.44. The first-order valence-electron chi connectivity index (χ1n) is 7.82. The quantitative estimate of drug-likeness (QED) is 0.387. The van der Waals surface area contributed by atoms with Gasteiger partial charge in [-0.05, 0) is 47.7 Å². The van der Waals surface area contributed by atoms with Crippen molar-refractivity contribution in [2.45, 2.75) is 13.5 Å². The Bertz CT molecular complexity index is 936. The molecule has 3 rings (SSSR count).